The van der Waals surface area contributed by atoms with Crippen LogP contribution in [0.25, 0.3) is 0 Å². The second-order valence-electron chi connectivity index (χ2n) is 11.2. The van der Waals surface area contributed by atoms with Crippen LogP contribution < -0.4 is 15.9 Å². The highest BCUT2D eigenvalue weighted by molar-refractivity contribution is 7.70. The second kappa shape index (κ2) is 9.79. The molecule has 206 valence electrons. The number of nitrogens with one attached hydrogen (secondary N) is 2. The predicted molar refractivity (Wildman–Crippen MR) is 149 cm³/mol. The molecular weight excluding hydrogens is 546 g/mol. The standard InChI is InChI=1S/C28H30ClF3N5OP/c1-39(2,38)25-12-18(30)6-10-24(25)35-26-23(29)13-33-27(36-26)34-19-7-3-16-4-8-20(9-5-17(16)11-19)37-14-21-22(15-37)28(21,31)32/h3,6-7,10-13,20-22H,4-5,8-9,14-15H2,1-2H3,(H2,33,34,35,36). The number of hydrogen-bond donors (Lipinski definition) is 2. The predicted octanol–water partition coefficient (Wildman–Crippen LogP) is 6.45. The Kier molecular flexibility index (Phi) is 6.68. The van der Waals surface area contributed by atoms with E-state index >= 15 is 0 Å². The van der Waals surface area contributed by atoms with Gasteiger partial charge in [-0.05, 0) is 80.5 Å². The topological polar surface area (TPSA) is 70.2 Å². The summed E-state index contributed by atoms with van der Waals surface area (Å²) in [7, 11) is -2.78. The van der Waals surface area contributed by atoms with Gasteiger partial charge in [0.05, 0.1) is 11.9 Å². The van der Waals surface area contributed by atoms with Gasteiger partial charge >= 0.3 is 0 Å². The zero-order chi connectivity index (χ0) is 27.5. The van der Waals surface area contributed by atoms with Crippen molar-refractivity contribution in [1.82, 2.24) is 14.9 Å². The van der Waals surface area contributed by atoms with Gasteiger partial charge in [0.1, 0.15) is 18.0 Å². The van der Waals surface area contributed by atoms with E-state index < -0.39 is 30.7 Å². The molecule has 6 rings (SSSR count). The molecule has 2 heterocycles. The van der Waals surface area contributed by atoms with Gasteiger partial charge in [-0.3, -0.25) is 4.90 Å². The van der Waals surface area contributed by atoms with Crippen molar-refractivity contribution in [3.05, 3.63) is 64.6 Å². The van der Waals surface area contributed by atoms with E-state index in [0.29, 0.717) is 41.9 Å². The van der Waals surface area contributed by atoms with E-state index in [2.05, 4.69) is 37.6 Å². The largest absolute Gasteiger partial charge is 0.338 e. The normalized spacial score (nSPS) is 24.0. The van der Waals surface area contributed by atoms with Crippen molar-refractivity contribution in [2.24, 2.45) is 11.8 Å². The Balaban J connectivity index is 1.15. The minimum Gasteiger partial charge on any atom is -0.338 e. The number of aromatic nitrogens is 2. The Morgan fingerprint density at radius 3 is 2.46 bits per heavy atom. The molecular formula is C28H30ClF3N5OP. The highest BCUT2D eigenvalue weighted by atomic mass is 35.5. The number of nitrogens with zero attached hydrogens (tertiary/aromatic N) is 3. The molecule has 39 heavy (non-hydrogen) atoms. The first-order valence-corrected chi connectivity index (χ1v) is 16.1. The van der Waals surface area contributed by atoms with Gasteiger partial charge in [-0.15, -0.1) is 0 Å². The van der Waals surface area contributed by atoms with Crippen LogP contribution >= 0.6 is 18.7 Å². The van der Waals surface area contributed by atoms with E-state index in [1.54, 1.807) is 13.3 Å². The van der Waals surface area contributed by atoms with Gasteiger partial charge in [-0.25, -0.2) is 18.2 Å². The van der Waals surface area contributed by atoms with E-state index in [1.807, 2.05) is 6.07 Å². The third-order valence-corrected chi connectivity index (χ3v) is 10.0. The van der Waals surface area contributed by atoms with E-state index in [4.69, 9.17) is 11.6 Å². The van der Waals surface area contributed by atoms with Crippen LogP contribution in [0.15, 0.2) is 42.6 Å². The van der Waals surface area contributed by atoms with E-state index in [9.17, 15) is 17.7 Å². The van der Waals surface area contributed by atoms with Crippen LogP contribution in [0.3, 0.4) is 0 Å². The highest BCUT2D eigenvalue weighted by Gasteiger charge is 2.71. The smallest absolute Gasteiger partial charge is 0.257 e. The molecule has 3 atom stereocenters. The molecule has 0 radical (unpaired) electrons. The molecule has 1 saturated carbocycles. The maximum atomic E-state index is 13.9. The zero-order valence-electron chi connectivity index (χ0n) is 21.7. The molecule has 2 aromatic carbocycles. The van der Waals surface area contributed by atoms with Crippen molar-refractivity contribution in [2.45, 2.75) is 37.6 Å². The highest BCUT2D eigenvalue weighted by Crippen LogP contribution is 2.59. The van der Waals surface area contributed by atoms with Crippen molar-refractivity contribution >= 4 is 47.2 Å². The molecule has 1 saturated heterocycles. The molecule has 2 N–H and O–H groups in total. The van der Waals surface area contributed by atoms with Crippen LogP contribution in [0.5, 0.6) is 0 Å². The lowest BCUT2D eigenvalue weighted by Gasteiger charge is -2.28. The monoisotopic (exact) mass is 575 g/mol. The number of benzene rings is 2. The summed E-state index contributed by atoms with van der Waals surface area (Å²) in [5, 5.41) is 6.97. The van der Waals surface area contributed by atoms with E-state index in [1.165, 1.54) is 35.5 Å². The van der Waals surface area contributed by atoms with Crippen molar-refractivity contribution in [3.8, 4) is 0 Å². The van der Waals surface area contributed by atoms with Crippen LogP contribution in [0.2, 0.25) is 5.02 Å². The maximum Gasteiger partial charge on any atom is 0.257 e. The molecule has 1 aromatic heterocycles. The number of piperidine rings is 1. The fourth-order valence-electron chi connectivity index (χ4n) is 6.00. The average Bonchev–Trinajstić information content (AvgIpc) is 3.18. The minimum atomic E-state index is -2.78. The van der Waals surface area contributed by atoms with Crippen molar-refractivity contribution < 1.29 is 17.7 Å². The number of anilines is 4. The number of halogens is 4. The third-order valence-electron chi connectivity index (χ3n) is 8.24. The minimum absolute atomic E-state index is 0.267. The first-order valence-electron chi connectivity index (χ1n) is 13.1. The lowest BCUT2D eigenvalue weighted by atomic mass is 10.0. The summed E-state index contributed by atoms with van der Waals surface area (Å²) in [5.74, 6) is -3.17. The van der Waals surface area contributed by atoms with Crippen LogP contribution in [-0.2, 0) is 17.4 Å². The van der Waals surface area contributed by atoms with Crippen LogP contribution in [0, 0.1) is 17.7 Å². The molecule has 3 unspecified atom stereocenters. The fourth-order valence-corrected chi connectivity index (χ4v) is 7.28. The van der Waals surface area contributed by atoms with Crippen LogP contribution in [0.4, 0.5) is 36.3 Å². The van der Waals surface area contributed by atoms with Crippen LogP contribution in [0.1, 0.15) is 24.0 Å². The molecule has 0 spiro atoms. The van der Waals surface area contributed by atoms with Crippen molar-refractivity contribution in [3.63, 3.8) is 0 Å². The summed E-state index contributed by atoms with van der Waals surface area (Å²) < 4.78 is 53.9. The number of rotatable bonds is 6. The SMILES string of the molecule is CP(C)(=O)c1cc(F)ccc1Nc1nc(Nc2ccc3c(c2)CCC(N2CC4C(C2)C4(F)F)CC3)ncc1Cl. The molecule has 3 aliphatic rings. The fraction of sp³-hybridized carbons (Fsp3) is 0.429. The first-order chi connectivity index (χ1) is 18.5. The van der Waals surface area contributed by atoms with Crippen molar-refractivity contribution in [1.29, 1.82) is 0 Å². The number of alkyl halides is 2. The molecule has 2 aliphatic carbocycles. The molecule has 1 aliphatic heterocycles. The number of likely N-dealkylation sites (tertiary alicyclic amines) is 1. The lowest BCUT2D eigenvalue weighted by molar-refractivity contribution is 0.0418. The lowest BCUT2D eigenvalue weighted by Crippen LogP contribution is -2.37. The van der Waals surface area contributed by atoms with E-state index in [-0.39, 0.29) is 5.02 Å². The van der Waals surface area contributed by atoms with Gasteiger partial charge in [0.15, 0.2) is 5.82 Å². The Morgan fingerprint density at radius 2 is 1.74 bits per heavy atom. The molecule has 0 amide bonds. The Bertz CT molecular complexity index is 1470. The summed E-state index contributed by atoms with van der Waals surface area (Å²) in [6.07, 6.45) is 5.21. The average molecular weight is 576 g/mol. The summed E-state index contributed by atoms with van der Waals surface area (Å²) >= 11 is 6.35. The van der Waals surface area contributed by atoms with Gasteiger partial charge in [0.2, 0.25) is 5.95 Å². The Labute approximate surface area is 230 Å². The summed E-state index contributed by atoms with van der Waals surface area (Å²) in [4.78, 5) is 11.1. The Morgan fingerprint density at radius 1 is 1.03 bits per heavy atom. The first kappa shape index (κ1) is 26.6. The second-order valence-corrected chi connectivity index (χ2v) is 14.8. The molecule has 0 bridgehead atoms. The van der Waals surface area contributed by atoms with Gasteiger partial charge in [-0.1, -0.05) is 17.7 Å². The van der Waals surface area contributed by atoms with Gasteiger partial charge < -0.3 is 15.2 Å². The molecule has 2 fully saturated rings. The maximum absolute atomic E-state index is 13.9. The van der Waals surface area contributed by atoms with Crippen LogP contribution in [-0.4, -0.2) is 53.3 Å². The molecule has 6 nitrogen and oxygen atoms in total. The number of aryl methyl sites for hydroxylation is 2. The van der Waals surface area contributed by atoms with Crippen molar-refractivity contribution in [2.75, 3.05) is 37.1 Å². The number of fused-ring (bicyclic) bond motifs is 2. The Hall–Kier alpha value is -2.61. The van der Waals surface area contributed by atoms with Gasteiger partial charge in [0.25, 0.3) is 5.92 Å². The van der Waals surface area contributed by atoms with E-state index in [0.717, 1.165) is 31.4 Å². The summed E-state index contributed by atoms with van der Waals surface area (Å²) in [6.45, 7) is 4.19. The summed E-state index contributed by atoms with van der Waals surface area (Å²) in [5.41, 5.74) is 3.82. The quantitative estimate of drug-likeness (QED) is 0.260. The van der Waals surface area contributed by atoms with Gasteiger partial charge in [-0.2, -0.15) is 4.98 Å². The molecule has 3 aromatic rings. The zero-order valence-corrected chi connectivity index (χ0v) is 23.4. The van der Waals surface area contributed by atoms with Gasteiger partial charge in [0, 0.05) is 42.0 Å². The third kappa shape index (κ3) is 5.29. The summed E-state index contributed by atoms with van der Waals surface area (Å²) in [6, 6.07) is 10.6. The number of hydrogen-bond acceptors (Lipinski definition) is 6. The molecule has 11 heteroatoms.